The molecule has 1 fully saturated rings. The Morgan fingerprint density at radius 1 is 1.03 bits per heavy atom. The molecular weight excluding hydrogens is 380 g/mol. The van der Waals surface area contributed by atoms with Gasteiger partial charge in [-0.15, -0.1) is 5.10 Å². The zero-order chi connectivity index (χ0) is 20.3. The lowest BCUT2D eigenvalue weighted by Crippen LogP contribution is -2.41. The fourth-order valence-electron chi connectivity index (χ4n) is 3.42. The number of ether oxygens (including phenoxy) is 1. The number of nitrogens with zero attached hydrogens (tertiary/aromatic N) is 5. The molecule has 8 nitrogen and oxygen atoms in total. The predicted octanol–water partition coefficient (Wildman–Crippen LogP) is 2.54. The van der Waals surface area contributed by atoms with Gasteiger partial charge in [0.25, 0.3) is 5.91 Å². The number of fused-ring (bicyclic) bond motifs is 1. The smallest absolute Gasteiger partial charge is 0.257 e. The van der Waals surface area contributed by atoms with Gasteiger partial charge in [-0.25, -0.2) is 4.98 Å². The van der Waals surface area contributed by atoms with Crippen LogP contribution in [0.5, 0.6) is 0 Å². The highest BCUT2D eigenvalue weighted by atomic mass is 16.5. The molecule has 8 heteroatoms. The molecule has 1 amide bonds. The maximum absolute atomic E-state index is 13.3. The van der Waals surface area contributed by atoms with Gasteiger partial charge in [0.1, 0.15) is 11.5 Å². The van der Waals surface area contributed by atoms with Crippen LogP contribution in [-0.2, 0) is 9.53 Å². The molecule has 1 aliphatic rings. The average molecular weight is 400 g/mol. The first-order chi connectivity index (χ1) is 14.8. The topological polar surface area (TPSA) is 88.9 Å². The van der Waals surface area contributed by atoms with E-state index in [2.05, 4.69) is 20.2 Å². The molecule has 0 radical (unpaired) electrons. The lowest BCUT2D eigenvalue weighted by molar-refractivity contribution is -0.128. The quantitative estimate of drug-likeness (QED) is 0.532. The number of hydrogen-bond acceptors (Lipinski definition) is 5. The highest BCUT2D eigenvalue weighted by Crippen LogP contribution is 2.22. The summed E-state index contributed by atoms with van der Waals surface area (Å²) in [6.45, 7) is 2.16. The number of hydrogen-bond donors (Lipinski definition) is 1. The molecule has 2 aromatic heterocycles. The van der Waals surface area contributed by atoms with Crippen molar-refractivity contribution in [2.75, 3.05) is 26.3 Å². The Balaban J connectivity index is 1.55. The van der Waals surface area contributed by atoms with Gasteiger partial charge in [-0.05, 0) is 30.3 Å². The molecule has 2 aromatic carbocycles. The third kappa shape index (κ3) is 3.60. The van der Waals surface area contributed by atoms with Crippen LogP contribution >= 0.6 is 0 Å². The van der Waals surface area contributed by atoms with Crippen LogP contribution in [0.15, 0.2) is 60.8 Å². The number of morpholine rings is 1. The molecule has 0 bridgehead atoms. The van der Waals surface area contributed by atoms with Crippen LogP contribution < -0.4 is 0 Å². The Kier molecular flexibility index (Phi) is 4.82. The van der Waals surface area contributed by atoms with Crippen LogP contribution in [0.25, 0.3) is 28.4 Å². The SMILES string of the molecule is O=C(C(=Cc1cnn(-c2ccccc2)n1)c1nc2ccccc2[nH]1)N1CCOCC1. The number of carbonyl (C=O) groups excluding carboxylic acids is 1. The number of amides is 1. The Hall–Kier alpha value is -3.78. The van der Waals surface area contributed by atoms with Gasteiger partial charge in [0, 0.05) is 13.1 Å². The number of imidazole rings is 1. The molecule has 0 aliphatic carbocycles. The lowest BCUT2D eigenvalue weighted by Gasteiger charge is -2.27. The van der Waals surface area contributed by atoms with Gasteiger partial charge in [0.2, 0.25) is 0 Å². The van der Waals surface area contributed by atoms with Gasteiger partial charge in [0.05, 0.1) is 41.7 Å². The summed E-state index contributed by atoms with van der Waals surface area (Å²) in [5.74, 6) is 0.411. The van der Waals surface area contributed by atoms with Crippen molar-refractivity contribution in [3.63, 3.8) is 0 Å². The second-order valence-corrected chi connectivity index (χ2v) is 6.96. The van der Waals surface area contributed by atoms with Gasteiger partial charge in [0.15, 0.2) is 0 Å². The molecule has 150 valence electrons. The Morgan fingerprint density at radius 3 is 2.60 bits per heavy atom. The number of para-hydroxylation sites is 3. The summed E-state index contributed by atoms with van der Waals surface area (Å²) in [5.41, 5.74) is 3.56. The van der Waals surface area contributed by atoms with E-state index in [9.17, 15) is 4.79 Å². The second-order valence-electron chi connectivity index (χ2n) is 6.96. The molecule has 3 heterocycles. The van der Waals surface area contributed by atoms with Crippen molar-refractivity contribution in [3.05, 3.63) is 72.3 Å². The molecule has 5 rings (SSSR count). The Labute approximate surface area is 172 Å². The molecular formula is C22H20N6O2. The highest BCUT2D eigenvalue weighted by Gasteiger charge is 2.24. The van der Waals surface area contributed by atoms with Crippen LogP contribution in [-0.4, -0.2) is 62.1 Å². The van der Waals surface area contributed by atoms with Crippen molar-refractivity contribution in [3.8, 4) is 5.69 Å². The van der Waals surface area contributed by atoms with Crippen molar-refractivity contribution in [1.29, 1.82) is 0 Å². The summed E-state index contributed by atoms with van der Waals surface area (Å²) in [6, 6.07) is 17.3. The normalized spacial score (nSPS) is 14.9. The summed E-state index contributed by atoms with van der Waals surface area (Å²) in [7, 11) is 0. The predicted molar refractivity (Wildman–Crippen MR) is 113 cm³/mol. The largest absolute Gasteiger partial charge is 0.378 e. The number of rotatable bonds is 4. The fraction of sp³-hybridized carbons (Fsp3) is 0.182. The number of benzene rings is 2. The van der Waals surface area contributed by atoms with E-state index < -0.39 is 0 Å². The van der Waals surface area contributed by atoms with E-state index in [1.54, 1.807) is 22.0 Å². The zero-order valence-corrected chi connectivity index (χ0v) is 16.2. The van der Waals surface area contributed by atoms with Gasteiger partial charge in [-0.1, -0.05) is 30.3 Å². The van der Waals surface area contributed by atoms with E-state index in [1.165, 1.54) is 0 Å². The van der Waals surface area contributed by atoms with E-state index in [0.717, 1.165) is 16.7 Å². The highest BCUT2D eigenvalue weighted by molar-refractivity contribution is 6.23. The summed E-state index contributed by atoms with van der Waals surface area (Å²) in [5, 5.41) is 8.85. The van der Waals surface area contributed by atoms with E-state index in [-0.39, 0.29) is 5.91 Å². The minimum absolute atomic E-state index is 0.105. The van der Waals surface area contributed by atoms with Crippen molar-refractivity contribution in [2.24, 2.45) is 0 Å². The first kappa shape index (κ1) is 18.3. The minimum Gasteiger partial charge on any atom is -0.378 e. The average Bonchev–Trinajstić information content (AvgIpc) is 3.45. The first-order valence-corrected chi connectivity index (χ1v) is 9.79. The van der Waals surface area contributed by atoms with Gasteiger partial charge in [-0.3, -0.25) is 4.79 Å². The van der Waals surface area contributed by atoms with Crippen LogP contribution in [0, 0.1) is 0 Å². The summed E-state index contributed by atoms with van der Waals surface area (Å²) >= 11 is 0. The van der Waals surface area contributed by atoms with Gasteiger partial charge in [-0.2, -0.15) is 9.90 Å². The third-order valence-corrected chi connectivity index (χ3v) is 4.96. The fourth-order valence-corrected chi connectivity index (χ4v) is 3.42. The summed E-state index contributed by atoms with van der Waals surface area (Å²) < 4.78 is 5.39. The van der Waals surface area contributed by atoms with Crippen molar-refractivity contribution in [2.45, 2.75) is 0 Å². The number of nitrogens with one attached hydrogen (secondary N) is 1. The number of H-pyrrole nitrogens is 1. The van der Waals surface area contributed by atoms with Crippen molar-refractivity contribution >= 4 is 28.6 Å². The molecule has 30 heavy (non-hydrogen) atoms. The van der Waals surface area contributed by atoms with Crippen LogP contribution in [0.2, 0.25) is 0 Å². The zero-order valence-electron chi connectivity index (χ0n) is 16.2. The third-order valence-electron chi connectivity index (χ3n) is 4.96. The lowest BCUT2D eigenvalue weighted by atomic mass is 10.1. The molecule has 0 saturated carbocycles. The molecule has 1 aliphatic heterocycles. The van der Waals surface area contributed by atoms with E-state index in [0.29, 0.717) is 43.4 Å². The van der Waals surface area contributed by atoms with Crippen molar-refractivity contribution < 1.29 is 9.53 Å². The Morgan fingerprint density at radius 2 is 1.80 bits per heavy atom. The molecule has 4 aromatic rings. The molecule has 1 N–H and O–H groups in total. The minimum atomic E-state index is -0.105. The van der Waals surface area contributed by atoms with Crippen LogP contribution in [0.4, 0.5) is 0 Å². The number of aromatic nitrogens is 5. The first-order valence-electron chi connectivity index (χ1n) is 9.79. The standard InChI is InChI=1S/C22H20N6O2/c29-22(27-10-12-30-13-11-27)18(21-24-19-8-4-5-9-20(19)25-21)14-16-15-23-28(26-16)17-6-2-1-3-7-17/h1-9,14-15H,10-13H2,(H,24,25). The molecule has 1 saturated heterocycles. The van der Waals surface area contributed by atoms with Crippen molar-refractivity contribution in [1.82, 2.24) is 29.9 Å². The molecule has 0 unspecified atom stereocenters. The molecule has 0 atom stereocenters. The Bertz CT molecular complexity index is 1170. The monoisotopic (exact) mass is 400 g/mol. The van der Waals surface area contributed by atoms with Gasteiger partial charge < -0.3 is 14.6 Å². The molecule has 0 spiro atoms. The maximum atomic E-state index is 13.3. The second kappa shape index (κ2) is 7.92. The summed E-state index contributed by atoms with van der Waals surface area (Å²) in [6.07, 6.45) is 3.38. The number of carbonyl (C=O) groups is 1. The van der Waals surface area contributed by atoms with Gasteiger partial charge >= 0.3 is 0 Å². The maximum Gasteiger partial charge on any atom is 0.257 e. The van der Waals surface area contributed by atoms with E-state index >= 15 is 0 Å². The van der Waals surface area contributed by atoms with E-state index in [4.69, 9.17) is 4.74 Å². The summed E-state index contributed by atoms with van der Waals surface area (Å²) in [4.78, 5) is 24.6. The number of aromatic amines is 1. The van der Waals surface area contributed by atoms with Crippen LogP contribution in [0.1, 0.15) is 11.5 Å². The van der Waals surface area contributed by atoms with E-state index in [1.807, 2.05) is 54.6 Å². The van der Waals surface area contributed by atoms with Crippen LogP contribution in [0.3, 0.4) is 0 Å².